The molecule has 2 rings (SSSR count). The number of aryl methyl sites for hydroxylation is 2. The van der Waals surface area contributed by atoms with Crippen molar-refractivity contribution in [2.24, 2.45) is 0 Å². The van der Waals surface area contributed by atoms with E-state index >= 15 is 0 Å². The molecule has 0 aliphatic carbocycles. The second-order valence-electron chi connectivity index (χ2n) is 6.68. The number of carbonyl (C=O) groups is 1. The van der Waals surface area contributed by atoms with Gasteiger partial charge in [0.15, 0.2) is 11.5 Å². The van der Waals surface area contributed by atoms with E-state index in [1.807, 2.05) is 37.9 Å². The zero-order chi connectivity index (χ0) is 20.1. The van der Waals surface area contributed by atoms with Crippen LogP contribution in [0.15, 0.2) is 30.3 Å². The third-order valence-corrected chi connectivity index (χ3v) is 4.74. The lowest BCUT2D eigenvalue weighted by molar-refractivity contribution is -0.120. The van der Waals surface area contributed by atoms with Gasteiger partial charge in [-0.2, -0.15) is 0 Å². The number of nitrogens with zero attached hydrogens (tertiary/aromatic N) is 1. The summed E-state index contributed by atoms with van der Waals surface area (Å²) in [5.41, 5.74) is 3.08. The van der Waals surface area contributed by atoms with E-state index in [0.717, 1.165) is 11.1 Å². The van der Waals surface area contributed by atoms with E-state index in [4.69, 9.17) is 9.47 Å². The third kappa shape index (κ3) is 4.98. The Labute approximate surface area is 160 Å². The number of carbonyl (C=O) groups excluding carboxylic acids is 1. The molecule has 5 nitrogen and oxygen atoms in total. The molecule has 2 aromatic rings. The average molecular weight is 374 g/mol. The fraction of sp³-hybridized carbons (Fsp3) is 0.381. The second kappa shape index (κ2) is 8.86. The minimum Gasteiger partial charge on any atom is -0.493 e. The maximum Gasteiger partial charge on any atom is 0.241 e. The van der Waals surface area contributed by atoms with Crippen molar-refractivity contribution in [2.45, 2.75) is 33.4 Å². The summed E-state index contributed by atoms with van der Waals surface area (Å²) in [5, 5.41) is 2.77. The topological polar surface area (TPSA) is 50.8 Å². The maximum atomic E-state index is 13.7. The van der Waals surface area contributed by atoms with Crippen LogP contribution in [-0.2, 0) is 11.3 Å². The highest BCUT2D eigenvalue weighted by Crippen LogP contribution is 2.31. The average Bonchev–Trinajstić information content (AvgIpc) is 2.65. The molecule has 0 bridgehead atoms. The first-order valence-electron chi connectivity index (χ1n) is 8.75. The van der Waals surface area contributed by atoms with Gasteiger partial charge < -0.3 is 14.8 Å². The zero-order valence-electron chi connectivity index (χ0n) is 16.7. The SMILES string of the molecule is COc1cc(C)c(CN(C)[C@@H](C)C(=O)Nc2ccc(C)c(F)c2)cc1OC. The Morgan fingerprint density at radius 1 is 1.11 bits per heavy atom. The summed E-state index contributed by atoms with van der Waals surface area (Å²) >= 11 is 0. The van der Waals surface area contributed by atoms with E-state index in [1.165, 1.54) is 6.07 Å². The first kappa shape index (κ1) is 20.7. The van der Waals surface area contributed by atoms with E-state index in [9.17, 15) is 9.18 Å². The Balaban J connectivity index is 2.09. The van der Waals surface area contributed by atoms with Gasteiger partial charge in [0.25, 0.3) is 0 Å². The van der Waals surface area contributed by atoms with Crippen LogP contribution >= 0.6 is 0 Å². The highest BCUT2D eigenvalue weighted by molar-refractivity contribution is 5.94. The highest BCUT2D eigenvalue weighted by atomic mass is 19.1. The summed E-state index contributed by atoms with van der Waals surface area (Å²) in [7, 11) is 5.07. The predicted molar refractivity (Wildman–Crippen MR) is 105 cm³/mol. The molecule has 0 heterocycles. The van der Waals surface area contributed by atoms with Crippen molar-refractivity contribution in [3.05, 3.63) is 52.8 Å². The molecule has 1 atom stereocenters. The molecule has 0 radical (unpaired) electrons. The van der Waals surface area contributed by atoms with E-state index in [0.29, 0.717) is 29.3 Å². The number of ether oxygens (including phenoxy) is 2. The van der Waals surface area contributed by atoms with Crippen molar-refractivity contribution in [1.82, 2.24) is 4.90 Å². The summed E-state index contributed by atoms with van der Waals surface area (Å²) in [5.74, 6) is 0.793. The number of nitrogens with one attached hydrogen (secondary N) is 1. The van der Waals surface area contributed by atoms with E-state index < -0.39 is 6.04 Å². The first-order chi connectivity index (χ1) is 12.8. The van der Waals surface area contributed by atoms with Gasteiger partial charge in [0.2, 0.25) is 5.91 Å². The molecule has 0 aliphatic rings. The minimum atomic E-state index is -0.401. The quantitative estimate of drug-likeness (QED) is 0.798. The number of halogens is 1. The number of hydrogen-bond donors (Lipinski definition) is 1. The Bertz CT molecular complexity index is 823. The van der Waals surface area contributed by atoms with Gasteiger partial charge in [0, 0.05) is 12.2 Å². The van der Waals surface area contributed by atoms with Gasteiger partial charge in [-0.15, -0.1) is 0 Å². The highest BCUT2D eigenvalue weighted by Gasteiger charge is 2.20. The molecule has 0 fully saturated rings. The Morgan fingerprint density at radius 2 is 1.74 bits per heavy atom. The fourth-order valence-electron chi connectivity index (χ4n) is 2.72. The molecule has 27 heavy (non-hydrogen) atoms. The third-order valence-electron chi connectivity index (χ3n) is 4.74. The standard InChI is InChI=1S/C21H27FN2O3/c1-13-7-8-17(11-18(13)22)23-21(25)15(3)24(4)12-16-10-20(27-6)19(26-5)9-14(16)2/h7-11,15H,12H2,1-6H3,(H,23,25)/t15-/m0/s1. The molecule has 6 heteroatoms. The van der Waals surface area contributed by atoms with Crippen LogP contribution in [0, 0.1) is 19.7 Å². The number of hydrogen-bond acceptors (Lipinski definition) is 4. The van der Waals surface area contributed by atoms with E-state index in [1.54, 1.807) is 33.3 Å². The van der Waals surface area contributed by atoms with Crippen molar-refractivity contribution in [2.75, 3.05) is 26.6 Å². The van der Waals surface area contributed by atoms with Crippen LogP contribution in [0.25, 0.3) is 0 Å². The number of benzene rings is 2. The number of rotatable bonds is 7. The Kier molecular flexibility index (Phi) is 6.80. The lowest BCUT2D eigenvalue weighted by Crippen LogP contribution is -2.39. The normalized spacial score (nSPS) is 12.0. The van der Waals surface area contributed by atoms with Gasteiger partial charge in [-0.3, -0.25) is 9.69 Å². The zero-order valence-corrected chi connectivity index (χ0v) is 16.7. The van der Waals surface area contributed by atoms with Crippen LogP contribution in [0.2, 0.25) is 0 Å². The summed E-state index contributed by atoms with van der Waals surface area (Å²) in [4.78, 5) is 14.5. The van der Waals surface area contributed by atoms with E-state index in [2.05, 4.69) is 5.32 Å². The molecule has 0 saturated carbocycles. The summed E-state index contributed by atoms with van der Waals surface area (Å²) in [6, 6.07) is 8.11. The summed E-state index contributed by atoms with van der Waals surface area (Å²) in [6.07, 6.45) is 0. The lowest BCUT2D eigenvalue weighted by Gasteiger charge is -2.25. The Morgan fingerprint density at radius 3 is 2.33 bits per heavy atom. The van der Waals surface area contributed by atoms with Crippen LogP contribution in [0.1, 0.15) is 23.6 Å². The minimum absolute atomic E-state index is 0.195. The van der Waals surface area contributed by atoms with Gasteiger partial charge in [-0.1, -0.05) is 6.07 Å². The molecule has 1 N–H and O–H groups in total. The smallest absolute Gasteiger partial charge is 0.241 e. The fourth-order valence-corrected chi connectivity index (χ4v) is 2.72. The molecule has 1 amide bonds. The molecule has 0 saturated heterocycles. The molecule has 0 aromatic heterocycles. The summed E-state index contributed by atoms with van der Waals surface area (Å²) < 4.78 is 24.3. The number of likely N-dealkylation sites (N-methyl/N-ethyl adjacent to an activating group) is 1. The van der Waals surface area contributed by atoms with Crippen LogP contribution < -0.4 is 14.8 Å². The molecule has 0 aliphatic heterocycles. The first-order valence-corrected chi connectivity index (χ1v) is 8.75. The van der Waals surface area contributed by atoms with Gasteiger partial charge in [-0.05, 0) is 68.8 Å². The van der Waals surface area contributed by atoms with E-state index in [-0.39, 0.29) is 11.7 Å². The molecule has 0 spiro atoms. The molecular formula is C21H27FN2O3. The second-order valence-corrected chi connectivity index (χ2v) is 6.68. The van der Waals surface area contributed by atoms with Gasteiger partial charge in [0.05, 0.1) is 20.3 Å². The van der Waals surface area contributed by atoms with Gasteiger partial charge in [0.1, 0.15) is 5.82 Å². The van der Waals surface area contributed by atoms with Crippen LogP contribution in [0.5, 0.6) is 11.5 Å². The van der Waals surface area contributed by atoms with Crippen molar-refractivity contribution < 1.29 is 18.7 Å². The van der Waals surface area contributed by atoms with Crippen molar-refractivity contribution in [3.8, 4) is 11.5 Å². The number of methoxy groups -OCH3 is 2. The molecule has 2 aromatic carbocycles. The summed E-state index contributed by atoms with van der Waals surface area (Å²) in [6.45, 7) is 6.05. The Hall–Kier alpha value is -2.60. The molecule has 146 valence electrons. The van der Waals surface area contributed by atoms with Crippen molar-refractivity contribution >= 4 is 11.6 Å². The van der Waals surface area contributed by atoms with Crippen LogP contribution in [0.3, 0.4) is 0 Å². The largest absolute Gasteiger partial charge is 0.493 e. The van der Waals surface area contributed by atoms with Gasteiger partial charge >= 0.3 is 0 Å². The van der Waals surface area contributed by atoms with Gasteiger partial charge in [-0.25, -0.2) is 4.39 Å². The lowest BCUT2D eigenvalue weighted by atomic mass is 10.1. The molecule has 0 unspecified atom stereocenters. The molecular weight excluding hydrogens is 347 g/mol. The maximum absolute atomic E-state index is 13.7. The van der Waals surface area contributed by atoms with Crippen molar-refractivity contribution in [3.63, 3.8) is 0 Å². The predicted octanol–water partition coefficient (Wildman–Crippen LogP) is 3.92. The monoisotopic (exact) mass is 374 g/mol. The van der Waals surface area contributed by atoms with Crippen LogP contribution in [-0.4, -0.2) is 38.1 Å². The number of amides is 1. The van der Waals surface area contributed by atoms with Crippen LogP contribution in [0.4, 0.5) is 10.1 Å². The number of anilines is 1. The van der Waals surface area contributed by atoms with Crippen molar-refractivity contribution in [1.29, 1.82) is 0 Å².